The third kappa shape index (κ3) is 14.8. The van der Waals surface area contributed by atoms with Crippen molar-refractivity contribution in [1.82, 2.24) is 4.98 Å². The number of ether oxygens (including phenoxy) is 6. The van der Waals surface area contributed by atoms with Crippen molar-refractivity contribution < 1.29 is 57.5 Å². The maximum absolute atomic E-state index is 13.7. The minimum Gasteiger partial charge on any atom is -0.494 e. The van der Waals surface area contributed by atoms with E-state index in [1.807, 2.05) is 43.3 Å². The Labute approximate surface area is 411 Å². The lowest BCUT2D eigenvalue weighted by atomic mass is 9.82. The molecule has 5 aromatic rings. The number of hydrogen-bond acceptors (Lipinski definition) is 16. The number of carbonyl (C=O) groups is 5. The van der Waals surface area contributed by atoms with Gasteiger partial charge in [-0.1, -0.05) is 47.7 Å². The van der Waals surface area contributed by atoms with E-state index in [9.17, 15) is 29.1 Å². The molecular formula is C54H59N3O12S. The number of anilines is 1. The Kier molecular flexibility index (Phi) is 18.7. The van der Waals surface area contributed by atoms with Crippen molar-refractivity contribution >= 4 is 62.7 Å². The number of thiazole rings is 1. The Bertz CT molecular complexity index is 2560. The van der Waals surface area contributed by atoms with E-state index in [4.69, 9.17) is 28.4 Å². The van der Waals surface area contributed by atoms with E-state index in [0.717, 1.165) is 47.5 Å². The molecule has 1 heterocycles. The summed E-state index contributed by atoms with van der Waals surface area (Å²) in [4.78, 5) is 69.1. The molecule has 0 aliphatic heterocycles. The van der Waals surface area contributed by atoms with E-state index >= 15 is 0 Å². The lowest BCUT2D eigenvalue weighted by Crippen LogP contribution is -2.30. The van der Waals surface area contributed by atoms with Crippen LogP contribution in [0.1, 0.15) is 88.2 Å². The van der Waals surface area contributed by atoms with Gasteiger partial charge in [0.25, 0.3) is 0 Å². The van der Waals surface area contributed by atoms with Gasteiger partial charge in [0.15, 0.2) is 0 Å². The summed E-state index contributed by atoms with van der Waals surface area (Å²) >= 11 is 1.41. The maximum atomic E-state index is 13.7. The highest BCUT2D eigenvalue weighted by Gasteiger charge is 2.34. The van der Waals surface area contributed by atoms with Crippen LogP contribution in [0.3, 0.4) is 0 Å². The molecular weight excluding hydrogens is 915 g/mol. The van der Waals surface area contributed by atoms with E-state index in [0.29, 0.717) is 92.5 Å². The zero-order chi connectivity index (χ0) is 49.2. The summed E-state index contributed by atoms with van der Waals surface area (Å²) in [5.74, 6) is -1.64. The van der Waals surface area contributed by atoms with Gasteiger partial charge in [0.1, 0.15) is 28.7 Å². The Morgan fingerprint density at radius 2 is 1.19 bits per heavy atom. The zero-order valence-electron chi connectivity index (χ0n) is 39.3. The topological polar surface area (TPSA) is 189 Å². The first-order valence-corrected chi connectivity index (χ1v) is 24.7. The second-order valence-corrected chi connectivity index (χ2v) is 18.5. The van der Waals surface area contributed by atoms with Crippen molar-refractivity contribution in [3.05, 3.63) is 115 Å². The Morgan fingerprint density at radius 1 is 0.671 bits per heavy atom. The van der Waals surface area contributed by atoms with Crippen molar-refractivity contribution in [3.63, 3.8) is 0 Å². The molecule has 15 nitrogen and oxygen atoms in total. The monoisotopic (exact) mass is 973 g/mol. The molecule has 1 N–H and O–H groups in total. The van der Waals surface area contributed by atoms with Crippen LogP contribution in [0.5, 0.6) is 28.7 Å². The van der Waals surface area contributed by atoms with Crippen molar-refractivity contribution in [2.45, 2.75) is 84.0 Å². The number of aryl methyl sites for hydroxylation is 1. The van der Waals surface area contributed by atoms with Gasteiger partial charge in [0.05, 0.1) is 66.5 Å². The SMILES string of the molecule is C=CC(=O)OCCCCCCOc1ccc(OC(=O)C2CCC(C(=O)Oc3ccc(OC(=O)C4CCC(C(=O)Oc5ccc(C)cc5)CC4)c(/C=N/N(CCO)c4nc5ccccc5s4)c3)CC2)cc1. The van der Waals surface area contributed by atoms with Gasteiger partial charge < -0.3 is 33.5 Å². The van der Waals surface area contributed by atoms with E-state index in [1.165, 1.54) is 17.6 Å². The van der Waals surface area contributed by atoms with Crippen LogP contribution in [0.15, 0.2) is 109 Å². The number of rotatable bonds is 22. The average molecular weight is 974 g/mol. The molecule has 0 radical (unpaired) electrons. The zero-order valence-corrected chi connectivity index (χ0v) is 40.1. The summed E-state index contributed by atoms with van der Waals surface area (Å²) in [6.45, 7) is 6.17. The molecule has 4 aromatic carbocycles. The van der Waals surface area contributed by atoms with Crippen LogP contribution in [0.2, 0.25) is 0 Å². The first-order chi connectivity index (χ1) is 34.0. The average Bonchev–Trinajstić information content (AvgIpc) is 3.82. The lowest BCUT2D eigenvalue weighted by Gasteiger charge is -2.26. The highest BCUT2D eigenvalue weighted by Crippen LogP contribution is 2.35. The minimum absolute atomic E-state index is 0.134. The van der Waals surface area contributed by atoms with E-state index < -0.39 is 29.7 Å². The highest BCUT2D eigenvalue weighted by molar-refractivity contribution is 7.22. The van der Waals surface area contributed by atoms with Crippen LogP contribution in [0, 0.1) is 30.6 Å². The number of hydrazone groups is 1. The van der Waals surface area contributed by atoms with Gasteiger partial charge in [-0.3, -0.25) is 19.2 Å². The van der Waals surface area contributed by atoms with Gasteiger partial charge in [0, 0.05) is 11.6 Å². The Hall–Kier alpha value is -6.91. The quantitative estimate of drug-likeness (QED) is 0.0172. The lowest BCUT2D eigenvalue weighted by molar-refractivity contribution is -0.145. The fourth-order valence-electron chi connectivity index (χ4n) is 8.29. The molecule has 0 unspecified atom stereocenters. The summed E-state index contributed by atoms with van der Waals surface area (Å²) in [7, 11) is 0. The van der Waals surface area contributed by atoms with Gasteiger partial charge in [0.2, 0.25) is 5.13 Å². The van der Waals surface area contributed by atoms with Crippen molar-refractivity contribution in [2.75, 3.05) is 31.4 Å². The number of hydrogen-bond donors (Lipinski definition) is 1. The largest absolute Gasteiger partial charge is 0.494 e. The van der Waals surface area contributed by atoms with Gasteiger partial charge in [-0.05, 0) is 151 Å². The van der Waals surface area contributed by atoms with Crippen LogP contribution < -0.4 is 28.7 Å². The number of esters is 5. The van der Waals surface area contributed by atoms with Crippen LogP contribution in [0.25, 0.3) is 10.2 Å². The molecule has 2 aliphatic carbocycles. The number of carbonyl (C=O) groups excluding carboxylic acids is 5. The number of aliphatic hydroxyl groups is 1. The van der Waals surface area contributed by atoms with Crippen molar-refractivity contribution in [3.8, 4) is 28.7 Å². The normalized spacial score (nSPS) is 17.9. The highest BCUT2D eigenvalue weighted by atomic mass is 32.1. The first kappa shape index (κ1) is 51.0. The summed E-state index contributed by atoms with van der Waals surface area (Å²) in [5.41, 5.74) is 2.19. The summed E-state index contributed by atoms with van der Waals surface area (Å²) in [5, 5.41) is 16.7. The molecule has 0 saturated heterocycles. The van der Waals surface area contributed by atoms with Gasteiger partial charge in [-0.2, -0.15) is 5.10 Å². The molecule has 2 fully saturated rings. The van der Waals surface area contributed by atoms with Crippen LogP contribution in [-0.4, -0.2) is 72.5 Å². The molecule has 1 aromatic heterocycles. The fraction of sp³-hybridized carbons (Fsp3) is 0.389. The van der Waals surface area contributed by atoms with Crippen molar-refractivity contribution in [2.24, 2.45) is 28.8 Å². The van der Waals surface area contributed by atoms with E-state index in [1.54, 1.807) is 59.6 Å². The standard InChI is InChI=1S/C54H59N3O12S/c1-3-49(59)65-33-9-5-4-8-32-64-42-24-26-44(27-25-42)67-51(61)37-14-16-39(17-15-37)52(62)68-45-28-29-47(41(34-45)35-55-57(30-31-58)54-56-46-10-6-7-11-48(46)70-54)69-53(63)40-20-18-38(19-21-40)50(60)66-43-22-12-36(2)13-23-43/h3,6-7,10-13,22-29,34-35,37-40,58H,1,4-5,8-9,14-21,30-33H2,2H3/b55-35+. The molecule has 0 bridgehead atoms. The Morgan fingerprint density at radius 3 is 1.76 bits per heavy atom. The van der Waals surface area contributed by atoms with Crippen LogP contribution >= 0.6 is 11.3 Å². The number of fused-ring (bicyclic) bond motifs is 1. The number of nitrogens with zero attached hydrogens (tertiary/aromatic N) is 3. The number of aliphatic hydroxyl groups excluding tert-OH is 1. The smallest absolute Gasteiger partial charge is 0.330 e. The second-order valence-electron chi connectivity index (χ2n) is 17.5. The number of para-hydroxylation sites is 1. The minimum atomic E-state index is -0.453. The predicted molar refractivity (Wildman–Crippen MR) is 264 cm³/mol. The molecule has 368 valence electrons. The van der Waals surface area contributed by atoms with Crippen LogP contribution in [0.4, 0.5) is 5.13 Å². The molecule has 7 rings (SSSR count). The molecule has 0 amide bonds. The van der Waals surface area contributed by atoms with Gasteiger partial charge >= 0.3 is 29.8 Å². The molecule has 70 heavy (non-hydrogen) atoms. The summed E-state index contributed by atoms with van der Waals surface area (Å²) in [6, 6.07) is 26.5. The molecule has 2 aliphatic rings. The van der Waals surface area contributed by atoms with Crippen LogP contribution in [-0.2, 0) is 28.7 Å². The van der Waals surface area contributed by atoms with Gasteiger partial charge in [-0.15, -0.1) is 0 Å². The molecule has 2 saturated carbocycles. The van der Waals surface area contributed by atoms with E-state index in [-0.39, 0.29) is 48.4 Å². The fourth-order valence-corrected chi connectivity index (χ4v) is 9.24. The predicted octanol–water partition coefficient (Wildman–Crippen LogP) is 9.74. The number of unbranched alkanes of at least 4 members (excludes halogenated alkanes) is 3. The number of benzene rings is 4. The molecule has 16 heteroatoms. The molecule has 0 atom stereocenters. The summed E-state index contributed by atoms with van der Waals surface area (Å²) in [6.07, 6.45) is 9.71. The summed E-state index contributed by atoms with van der Waals surface area (Å²) < 4.78 is 35.0. The Balaban J connectivity index is 0.926. The third-order valence-electron chi connectivity index (χ3n) is 12.3. The first-order valence-electron chi connectivity index (χ1n) is 23.9. The third-order valence-corrected chi connectivity index (χ3v) is 13.4. The van der Waals surface area contributed by atoms with Crippen molar-refractivity contribution in [1.29, 1.82) is 0 Å². The second kappa shape index (κ2) is 25.6. The van der Waals surface area contributed by atoms with E-state index in [2.05, 4.69) is 16.7 Å². The maximum Gasteiger partial charge on any atom is 0.330 e. The molecule has 0 spiro atoms. The number of aromatic nitrogens is 1. The van der Waals surface area contributed by atoms with Gasteiger partial charge in [-0.25, -0.2) is 14.8 Å².